The molecule has 3 amide bonds. The molecule has 2 saturated heterocycles. The first kappa shape index (κ1) is 34.2. The number of carbonyl (C=O) groups is 2. The van der Waals surface area contributed by atoms with Crippen molar-refractivity contribution in [3.8, 4) is 0 Å². The predicted molar refractivity (Wildman–Crippen MR) is 187 cm³/mol. The van der Waals surface area contributed by atoms with Crippen LogP contribution in [0, 0.1) is 11.8 Å². The Labute approximate surface area is 294 Å². The van der Waals surface area contributed by atoms with Gasteiger partial charge < -0.3 is 9.80 Å². The van der Waals surface area contributed by atoms with Gasteiger partial charge in [-0.1, -0.05) is 53.5 Å². The van der Waals surface area contributed by atoms with Crippen LogP contribution in [-0.2, 0) is 27.8 Å². The summed E-state index contributed by atoms with van der Waals surface area (Å²) in [5.74, 6) is 0.136. The lowest BCUT2D eigenvalue weighted by Crippen LogP contribution is -2.47. The fourth-order valence-electron chi connectivity index (χ4n) is 7.53. The van der Waals surface area contributed by atoms with Crippen LogP contribution in [0.3, 0.4) is 0 Å². The summed E-state index contributed by atoms with van der Waals surface area (Å²) in [5, 5.41) is 1.29. The molecule has 6 rings (SSSR count). The zero-order valence-electron chi connectivity index (χ0n) is 26.3. The van der Waals surface area contributed by atoms with Crippen molar-refractivity contribution in [1.29, 1.82) is 0 Å². The van der Waals surface area contributed by atoms with Gasteiger partial charge in [0.25, 0.3) is 0 Å². The van der Waals surface area contributed by atoms with Crippen molar-refractivity contribution in [3.63, 3.8) is 0 Å². The number of piperidine rings is 1. The smallest absolute Gasteiger partial charge is 0.332 e. The molecule has 0 spiro atoms. The lowest BCUT2D eigenvalue weighted by Gasteiger charge is -2.38. The van der Waals surface area contributed by atoms with E-state index < -0.39 is 22.3 Å². The second-order valence-corrected chi connectivity index (χ2v) is 16.5. The van der Waals surface area contributed by atoms with E-state index in [0.717, 1.165) is 56.8 Å². The molecule has 2 fully saturated rings. The minimum Gasteiger partial charge on any atom is -0.343 e. The van der Waals surface area contributed by atoms with E-state index in [-0.39, 0.29) is 30.1 Å². The number of nitrogens with zero attached hydrogens (tertiary/aromatic N) is 4. The van der Waals surface area contributed by atoms with Crippen molar-refractivity contribution >= 4 is 61.3 Å². The highest BCUT2D eigenvalue weighted by Gasteiger charge is 2.42. The normalized spacial score (nSPS) is 21.7. The number of pyridine rings is 1. The van der Waals surface area contributed by atoms with Crippen LogP contribution in [0.5, 0.6) is 0 Å². The van der Waals surface area contributed by atoms with Crippen molar-refractivity contribution in [2.75, 3.05) is 33.7 Å². The third-order valence-electron chi connectivity index (χ3n) is 9.84. The Kier molecular flexibility index (Phi) is 10.2. The number of hydrogen-bond donors (Lipinski definition) is 1. The lowest BCUT2D eigenvalue weighted by atomic mass is 9.76. The number of carbonyl (C=O) groups excluding carboxylic acids is 2. The van der Waals surface area contributed by atoms with E-state index in [1.807, 2.05) is 53.6 Å². The topological polar surface area (TPSA) is 103 Å². The summed E-state index contributed by atoms with van der Waals surface area (Å²) in [6, 6.07) is 14.4. The van der Waals surface area contributed by atoms with E-state index in [1.54, 1.807) is 4.90 Å². The van der Waals surface area contributed by atoms with Crippen LogP contribution in [0.25, 0.3) is 0 Å². The molecule has 47 heavy (non-hydrogen) atoms. The Morgan fingerprint density at radius 1 is 1.00 bits per heavy atom. The Bertz CT molecular complexity index is 1770. The van der Waals surface area contributed by atoms with Gasteiger partial charge in [0.05, 0.1) is 11.7 Å². The van der Waals surface area contributed by atoms with Crippen molar-refractivity contribution in [2.45, 2.75) is 50.5 Å². The number of benzene rings is 2. The minimum atomic E-state index is -3.96. The van der Waals surface area contributed by atoms with Crippen molar-refractivity contribution in [3.05, 3.63) is 97.2 Å². The van der Waals surface area contributed by atoms with Crippen LogP contribution in [0.4, 0.5) is 4.79 Å². The van der Waals surface area contributed by atoms with Crippen molar-refractivity contribution in [1.82, 2.24) is 23.8 Å². The van der Waals surface area contributed by atoms with E-state index in [9.17, 15) is 18.0 Å². The number of rotatable bonds is 6. The summed E-state index contributed by atoms with van der Waals surface area (Å²) in [5.41, 5.74) is 5.38. The number of urea groups is 1. The lowest BCUT2D eigenvalue weighted by molar-refractivity contribution is -0.133. The van der Waals surface area contributed by atoms with E-state index >= 15 is 0 Å². The van der Waals surface area contributed by atoms with E-state index in [0.29, 0.717) is 36.1 Å². The average molecular weight is 764 g/mol. The standard InChI is InChI=1S/C34H38BrCl2N5O4S/c1-40(2)47(45,46)39-34(44)42-15-12-25(33(42)22-6-4-3-5-7-22)18-29(43)41-13-10-21(11-14-41)31-30-23(17-27(36)19-28(30)37)8-9-24-16-26(35)20-38-32(24)31/h3-7,16-17,19-21,25,31,33H,8-15,18H2,1-2H3,(H,39,44). The summed E-state index contributed by atoms with van der Waals surface area (Å²) in [4.78, 5) is 35.5. The fraction of sp³-hybridized carbons (Fsp3) is 0.441. The molecule has 1 aromatic heterocycles. The van der Waals surface area contributed by atoms with Crippen LogP contribution in [-0.4, -0.2) is 73.2 Å². The van der Waals surface area contributed by atoms with Gasteiger partial charge in [-0.2, -0.15) is 12.7 Å². The monoisotopic (exact) mass is 761 g/mol. The number of hydrogen-bond acceptors (Lipinski definition) is 5. The van der Waals surface area contributed by atoms with Gasteiger partial charge in [0.1, 0.15) is 0 Å². The number of aromatic nitrogens is 1. The summed E-state index contributed by atoms with van der Waals surface area (Å²) in [6.45, 7) is 1.57. The van der Waals surface area contributed by atoms with Crippen LogP contribution in [0.1, 0.15) is 65.6 Å². The van der Waals surface area contributed by atoms with E-state index in [1.165, 1.54) is 19.7 Å². The molecule has 9 nitrogen and oxygen atoms in total. The van der Waals surface area contributed by atoms with Crippen molar-refractivity contribution in [2.24, 2.45) is 11.8 Å². The zero-order chi connectivity index (χ0) is 33.5. The van der Waals surface area contributed by atoms with Crippen molar-refractivity contribution < 1.29 is 18.0 Å². The molecule has 1 N–H and O–H groups in total. The zero-order valence-corrected chi connectivity index (χ0v) is 30.2. The molecular weight excluding hydrogens is 725 g/mol. The van der Waals surface area contributed by atoms with Gasteiger partial charge in [0.15, 0.2) is 0 Å². The Morgan fingerprint density at radius 2 is 1.70 bits per heavy atom. The molecule has 3 aliphatic rings. The Morgan fingerprint density at radius 3 is 2.40 bits per heavy atom. The largest absolute Gasteiger partial charge is 0.343 e. The highest BCUT2D eigenvalue weighted by Crippen LogP contribution is 2.46. The molecule has 0 radical (unpaired) electrons. The van der Waals surface area contributed by atoms with Gasteiger partial charge in [-0.25, -0.2) is 9.52 Å². The van der Waals surface area contributed by atoms with Gasteiger partial charge in [0, 0.05) is 66.8 Å². The van der Waals surface area contributed by atoms with Gasteiger partial charge in [0.2, 0.25) is 5.91 Å². The van der Waals surface area contributed by atoms with Crippen LogP contribution in [0.2, 0.25) is 10.0 Å². The molecule has 0 saturated carbocycles. The summed E-state index contributed by atoms with van der Waals surface area (Å²) in [7, 11) is -1.23. The summed E-state index contributed by atoms with van der Waals surface area (Å²) in [6.07, 6.45) is 5.99. The number of fused-ring (bicyclic) bond motifs is 2. The first-order valence-corrected chi connectivity index (χ1v) is 18.9. The number of aryl methyl sites for hydroxylation is 2. The minimum absolute atomic E-state index is 0.000395. The molecule has 3 heterocycles. The highest BCUT2D eigenvalue weighted by atomic mass is 79.9. The fourth-order valence-corrected chi connectivity index (χ4v) is 9.08. The molecule has 250 valence electrons. The van der Waals surface area contributed by atoms with Crippen LogP contribution >= 0.6 is 39.1 Å². The number of likely N-dealkylation sites (tertiary alicyclic amines) is 2. The quantitative estimate of drug-likeness (QED) is 0.306. The Hall–Kier alpha value is -2.70. The van der Waals surface area contributed by atoms with Gasteiger partial charge in [-0.05, 0) is 100 Å². The second kappa shape index (κ2) is 14.0. The van der Waals surface area contributed by atoms with Gasteiger partial charge in [-0.15, -0.1) is 0 Å². The third-order valence-corrected chi connectivity index (χ3v) is 12.2. The number of nitrogens with one attached hydrogen (secondary N) is 1. The number of halogens is 3. The first-order chi connectivity index (χ1) is 22.4. The van der Waals surface area contributed by atoms with Gasteiger partial charge >= 0.3 is 16.2 Å². The second-order valence-electron chi connectivity index (χ2n) is 12.9. The van der Waals surface area contributed by atoms with E-state index in [2.05, 4.69) is 26.7 Å². The molecule has 2 aromatic carbocycles. The number of amides is 3. The maximum atomic E-state index is 13.8. The summed E-state index contributed by atoms with van der Waals surface area (Å²) >= 11 is 16.9. The molecule has 0 bridgehead atoms. The summed E-state index contributed by atoms with van der Waals surface area (Å²) < 4.78 is 29.0. The molecule has 3 aromatic rings. The molecular formula is C34H38BrCl2N5O4S. The SMILES string of the molecule is CN(C)S(=O)(=O)NC(=O)N1CCC(CC(=O)N2CCC(C3c4ncc(Br)cc4CCc4cc(Cl)cc(Cl)c43)CC2)C1c1ccccc1. The first-order valence-electron chi connectivity index (χ1n) is 15.9. The molecule has 3 atom stereocenters. The predicted octanol–water partition coefficient (Wildman–Crippen LogP) is 6.59. The molecule has 13 heteroatoms. The maximum absolute atomic E-state index is 13.8. The third kappa shape index (κ3) is 7.20. The molecule has 3 unspecified atom stereocenters. The average Bonchev–Trinajstić information content (AvgIpc) is 3.38. The molecule has 1 aliphatic carbocycles. The van der Waals surface area contributed by atoms with Gasteiger partial charge in [-0.3, -0.25) is 9.78 Å². The van der Waals surface area contributed by atoms with Crippen LogP contribution < -0.4 is 4.72 Å². The maximum Gasteiger partial charge on any atom is 0.332 e. The van der Waals surface area contributed by atoms with Crippen LogP contribution in [0.15, 0.2) is 59.2 Å². The highest BCUT2D eigenvalue weighted by molar-refractivity contribution is 9.10. The molecule has 2 aliphatic heterocycles. The Balaban J connectivity index is 1.18. The van der Waals surface area contributed by atoms with E-state index in [4.69, 9.17) is 28.2 Å².